The molecule has 40 heavy (non-hydrogen) atoms. The molecule has 1 unspecified atom stereocenters. The maximum atomic E-state index is 13.7. The molecule has 2 aromatic carbocycles. The third-order valence-electron chi connectivity index (χ3n) is 8.38. The van der Waals surface area contributed by atoms with Gasteiger partial charge in [0.1, 0.15) is 29.0 Å². The van der Waals surface area contributed by atoms with Crippen LogP contribution in [-0.4, -0.2) is 40.4 Å². The van der Waals surface area contributed by atoms with Crippen LogP contribution in [0.5, 0.6) is 5.75 Å². The zero-order valence-electron chi connectivity index (χ0n) is 22.9. The van der Waals surface area contributed by atoms with Crippen molar-refractivity contribution in [2.24, 2.45) is 17.8 Å². The van der Waals surface area contributed by atoms with Gasteiger partial charge in [0.25, 0.3) is 0 Å². The Hall–Kier alpha value is -3.98. The van der Waals surface area contributed by atoms with Crippen LogP contribution in [0.15, 0.2) is 46.9 Å². The van der Waals surface area contributed by atoms with Crippen molar-refractivity contribution in [3.05, 3.63) is 76.5 Å². The van der Waals surface area contributed by atoms with Gasteiger partial charge in [-0.3, -0.25) is 14.4 Å². The topological polar surface area (TPSA) is 131 Å². The van der Waals surface area contributed by atoms with Gasteiger partial charge in [-0.1, -0.05) is 58.0 Å². The number of aliphatic hydroxyl groups is 1. The molecule has 0 aliphatic carbocycles. The summed E-state index contributed by atoms with van der Waals surface area (Å²) < 4.78 is 12.9. The molecular formula is C31H33N3O6. The van der Waals surface area contributed by atoms with Crippen LogP contribution in [0.1, 0.15) is 79.0 Å². The van der Waals surface area contributed by atoms with Crippen LogP contribution in [0.3, 0.4) is 0 Å². The first-order valence-electron chi connectivity index (χ1n) is 13.8. The smallest absolute Gasteiger partial charge is 0.224 e. The van der Waals surface area contributed by atoms with Gasteiger partial charge in [0.15, 0.2) is 24.1 Å². The number of anilines is 1. The zero-order valence-corrected chi connectivity index (χ0v) is 22.9. The minimum atomic E-state index is -1.15. The van der Waals surface area contributed by atoms with Gasteiger partial charge < -0.3 is 24.9 Å². The summed E-state index contributed by atoms with van der Waals surface area (Å²) in [7, 11) is 0. The number of hydrogen-bond donors (Lipinski definition) is 3. The van der Waals surface area contributed by atoms with E-state index in [9.17, 15) is 19.5 Å². The highest BCUT2D eigenvalue weighted by Crippen LogP contribution is 2.58. The Bertz CT molecular complexity index is 1510. The molecule has 4 heterocycles. The molecule has 1 aromatic heterocycles. The minimum absolute atomic E-state index is 0.113. The zero-order chi connectivity index (χ0) is 28.3. The number of carbonyl (C=O) groups excluding carboxylic acids is 3. The number of amides is 1. The molecule has 0 fully saturated rings. The second kappa shape index (κ2) is 9.59. The van der Waals surface area contributed by atoms with Crippen molar-refractivity contribution >= 4 is 23.7 Å². The number of Topliss-reactive ketones (excluding diaryl/α,β-unsaturated/α-hetero) is 1. The Morgan fingerprint density at radius 2 is 1.93 bits per heavy atom. The molecule has 0 saturated carbocycles. The van der Waals surface area contributed by atoms with Gasteiger partial charge in [-0.15, -0.1) is 0 Å². The number of hydrogen-bond acceptors (Lipinski definition) is 8. The molecular weight excluding hydrogens is 510 g/mol. The predicted molar refractivity (Wildman–Crippen MR) is 146 cm³/mol. The summed E-state index contributed by atoms with van der Waals surface area (Å²) in [6.45, 7) is 7.40. The molecule has 3 N–H and O–H groups in total. The first-order chi connectivity index (χ1) is 19.1. The summed E-state index contributed by atoms with van der Waals surface area (Å²) >= 11 is 0. The Morgan fingerprint density at radius 3 is 2.65 bits per heavy atom. The molecule has 1 spiro atoms. The average Bonchev–Trinajstić information content (AvgIpc) is 3.58. The Morgan fingerprint density at radius 1 is 1.15 bits per heavy atom. The Labute approximate surface area is 232 Å². The first kappa shape index (κ1) is 26.3. The van der Waals surface area contributed by atoms with Crippen molar-refractivity contribution in [2.45, 2.75) is 64.3 Å². The van der Waals surface area contributed by atoms with Crippen LogP contribution in [0.2, 0.25) is 0 Å². The van der Waals surface area contributed by atoms with Gasteiger partial charge in [0.05, 0.1) is 0 Å². The maximum absolute atomic E-state index is 13.7. The van der Waals surface area contributed by atoms with Gasteiger partial charge >= 0.3 is 0 Å². The lowest BCUT2D eigenvalue weighted by atomic mass is 9.72. The number of oxazole rings is 1. The van der Waals surface area contributed by atoms with Crippen molar-refractivity contribution in [2.75, 3.05) is 5.32 Å². The van der Waals surface area contributed by atoms with Gasteiger partial charge in [0.2, 0.25) is 11.8 Å². The second-order valence-corrected chi connectivity index (χ2v) is 11.7. The number of rotatable bonds is 6. The third-order valence-corrected chi connectivity index (χ3v) is 8.38. The number of benzene rings is 2. The molecule has 208 valence electrons. The highest BCUT2D eigenvalue weighted by molar-refractivity contribution is 5.89. The lowest BCUT2D eigenvalue weighted by molar-refractivity contribution is -0.135. The molecule has 9 heteroatoms. The van der Waals surface area contributed by atoms with E-state index in [1.54, 1.807) is 13.8 Å². The van der Waals surface area contributed by atoms with E-state index in [4.69, 9.17) is 9.15 Å². The molecule has 9 nitrogen and oxygen atoms in total. The van der Waals surface area contributed by atoms with E-state index in [0.29, 0.717) is 17.8 Å². The standard InChI is InChI=1S/C31H33N3O6/c1-15(2)25-29-32-22(14-35)27(40-29)31-19-7-5-6-8-21(19)33-30(31)39-24-10-9-17(12-20(24)31)11-18(28(38)34-25)13-23(36)26(37)16(3)4/h5-10,12,14-16,18,25-26,30,33,37H,11,13H2,1-4H3,(H,34,38)/t18-,25+,26+,30+,31?/m1/s1. The van der Waals surface area contributed by atoms with E-state index in [1.165, 1.54) is 0 Å². The van der Waals surface area contributed by atoms with E-state index >= 15 is 0 Å². The fraction of sp³-hybridized carbons (Fsp3) is 0.419. The average molecular weight is 544 g/mol. The molecule has 3 aliphatic rings. The highest BCUT2D eigenvalue weighted by Gasteiger charge is 2.60. The first-order valence-corrected chi connectivity index (χ1v) is 13.8. The van der Waals surface area contributed by atoms with E-state index in [0.717, 1.165) is 22.4 Å². The van der Waals surface area contributed by atoms with Crippen LogP contribution in [0.4, 0.5) is 5.69 Å². The minimum Gasteiger partial charge on any atom is -0.469 e. The van der Waals surface area contributed by atoms with E-state index in [2.05, 4.69) is 15.6 Å². The molecule has 0 radical (unpaired) electrons. The number of aromatic nitrogens is 1. The van der Waals surface area contributed by atoms with Gasteiger partial charge in [0, 0.05) is 23.6 Å². The highest BCUT2D eigenvalue weighted by atomic mass is 16.5. The number of ketones is 1. The number of fused-ring (bicyclic) bond motifs is 4. The largest absolute Gasteiger partial charge is 0.469 e. The summed E-state index contributed by atoms with van der Waals surface area (Å²) in [5, 5.41) is 16.9. The molecule has 1 amide bonds. The molecule has 6 rings (SSSR count). The lowest BCUT2D eigenvalue weighted by Gasteiger charge is -2.28. The van der Waals surface area contributed by atoms with Crippen molar-refractivity contribution in [1.82, 2.24) is 10.3 Å². The Kier molecular flexibility index (Phi) is 6.29. The summed E-state index contributed by atoms with van der Waals surface area (Å²) in [4.78, 5) is 43.7. The fourth-order valence-corrected chi connectivity index (χ4v) is 6.26. The number of para-hydroxylation sites is 1. The number of ether oxygens (including phenoxy) is 1. The molecule has 4 bridgehead atoms. The fourth-order valence-electron chi connectivity index (χ4n) is 6.26. The third kappa shape index (κ3) is 3.86. The number of nitrogens with one attached hydrogen (secondary N) is 2. The maximum Gasteiger partial charge on any atom is 0.224 e. The quantitative estimate of drug-likeness (QED) is 0.399. The van der Waals surface area contributed by atoms with Crippen LogP contribution >= 0.6 is 0 Å². The molecule has 5 atom stereocenters. The van der Waals surface area contributed by atoms with Crippen LogP contribution in [0.25, 0.3) is 0 Å². The number of nitrogens with zero attached hydrogens (tertiary/aromatic N) is 1. The Balaban J connectivity index is 1.57. The summed E-state index contributed by atoms with van der Waals surface area (Å²) in [6.07, 6.45) is -0.882. The van der Waals surface area contributed by atoms with Crippen molar-refractivity contribution in [3.63, 3.8) is 0 Å². The number of carbonyl (C=O) groups is 3. The van der Waals surface area contributed by atoms with E-state index < -0.39 is 29.7 Å². The van der Waals surface area contributed by atoms with Crippen LogP contribution < -0.4 is 15.4 Å². The molecule has 0 saturated heterocycles. The van der Waals surface area contributed by atoms with Gasteiger partial charge in [-0.05, 0) is 41.5 Å². The van der Waals surface area contributed by atoms with Crippen molar-refractivity contribution in [1.29, 1.82) is 0 Å². The van der Waals surface area contributed by atoms with E-state index in [1.807, 2.05) is 56.3 Å². The van der Waals surface area contributed by atoms with Crippen LogP contribution in [-0.2, 0) is 21.4 Å². The van der Waals surface area contributed by atoms with E-state index in [-0.39, 0.29) is 48.0 Å². The summed E-state index contributed by atoms with van der Waals surface area (Å²) in [5.41, 5.74) is 2.54. The van der Waals surface area contributed by atoms with Crippen LogP contribution in [0, 0.1) is 17.8 Å². The second-order valence-electron chi connectivity index (χ2n) is 11.7. The molecule has 3 aliphatic heterocycles. The summed E-state index contributed by atoms with van der Waals surface area (Å²) in [6, 6.07) is 12.9. The predicted octanol–water partition coefficient (Wildman–Crippen LogP) is 3.93. The SMILES string of the molecule is CC(C)[C@H](O)C(=O)C[C@H]1Cc2ccc3c(c2)C2(c4ccccc4N[C@H]2O3)c2oc(nc2C=O)[C@H](C(C)C)NC1=O. The monoisotopic (exact) mass is 543 g/mol. The number of aldehydes is 1. The lowest BCUT2D eigenvalue weighted by Crippen LogP contribution is -2.41. The molecule has 3 aromatic rings. The van der Waals surface area contributed by atoms with Crippen molar-refractivity contribution in [3.8, 4) is 5.75 Å². The van der Waals surface area contributed by atoms with Gasteiger partial charge in [-0.2, -0.15) is 0 Å². The summed E-state index contributed by atoms with van der Waals surface area (Å²) in [5.74, 6) is -0.628. The van der Waals surface area contributed by atoms with Crippen molar-refractivity contribution < 1.29 is 28.6 Å². The number of aliphatic hydroxyl groups excluding tert-OH is 1. The van der Waals surface area contributed by atoms with Gasteiger partial charge in [-0.25, -0.2) is 4.98 Å². The normalized spacial score (nSPS) is 25.2.